The molecule has 11 rings (SSSR count). The van der Waals surface area contributed by atoms with Crippen LogP contribution in [0.4, 0.5) is 0 Å². The highest BCUT2D eigenvalue weighted by atomic mass is 16.3. The van der Waals surface area contributed by atoms with E-state index in [9.17, 15) is 0 Å². The van der Waals surface area contributed by atoms with Gasteiger partial charge in [0, 0.05) is 49.7 Å². The third-order valence-electron chi connectivity index (χ3n) is 10.2. The Morgan fingerprint density at radius 1 is 0.357 bits per heavy atom. The van der Waals surface area contributed by atoms with E-state index in [2.05, 4.69) is 77.4 Å². The molecule has 0 radical (unpaired) electrons. The first-order valence-corrected chi connectivity index (χ1v) is 18.5. The van der Waals surface area contributed by atoms with Crippen LogP contribution >= 0.6 is 0 Å². The van der Waals surface area contributed by atoms with Crippen molar-refractivity contribution < 1.29 is 4.42 Å². The molecule has 7 aromatic carbocycles. The zero-order valence-corrected chi connectivity index (χ0v) is 29.9. The molecular weight excluding hydrogens is 689 g/mol. The van der Waals surface area contributed by atoms with Crippen LogP contribution in [0.3, 0.4) is 0 Å². The summed E-state index contributed by atoms with van der Waals surface area (Å²) in [5.41, 5.74) is 10.7. The maximum absolute atomic E-state index is 6.72. The van der Waals surface area contributed by atoms with Crippen molar-refractivity contribution >= 4 is 43.9 Å². The van der Waals surface area contributed by atoms with Gasteiger partial charge < -0.3 is 8.98 Å². The lowest BCUT2D eigenvalue weighted by molar-refractivity contribution is 0.668. The van der Waals surface area contributed by atoms with Crippen LogP contribution in [-0.4, -0.2) is 29.5 Å². The van der Waals surface area contributed by atoms with Crippen LogP contribution in [0.2, 0.25) is 0 Å². The smallest absolute Gasteiger partial charge is 0.180 e. The Hall–Kier alpha value is -7.77. The van der Waals surface area contributed by atoms with E-state index in [1.54, 1.807) is 0 Å². The lowest BCUT2D eigenvalue weighted by Gasteiger charge is -2.11. The van der Waals surface area contributed by atoms with Gasteiger partial charge in [-0.05, 0) is 30.3 Å². The van der Waals surface area contributed by atoms with Gasteiger partial charge in [0.05, 0.1) is 11.0 Å². The highest BCUT2D eigenvalue weighted by molar-refractivity contribution is 6.17. The predicted octanol–water partition coefficient (Wildman–Crippen LogP) is 12.0. The number of hydrogen-bond acceptors (Lipinski definition) is 6. The summed E-state index contributed by atoms with van der Waals surface area (Å²) in [5, 5.41) is 3.11. The van der Waals surface area contributed by atoms with Crippen LogP contribution in [0.15, 0.2) is 186 Å². The second-order valence-electron chi connectivity index (χ2n) is 13.7. The average Bonchev–Trinajstić information content (AvgIpc) is 3.81. The van der Waals surface area contributed by atoms with E-state index in [1.807, 2.05) is 109 Å². The lowest BCUT2D eigenvalue weighted by atomic mass is 10.1. The number of rotatable bonds is 6. The van der Waals surface area contributed by atoms with Crippen LogP contribution in [0, 0.1) is 0 Å². The molecule has 4 heterocycles. The van der Waals surface area contributed by atoms with E-state index in [-0.39, 0.29) is 0 Å². The van der Waals surface area contributed by atoms with Crippen LogP contribution in [0.1, 0.15) is 0 Å². The van der Waals surface area contributed by atoms with Crippen molar-refractivity contribution in [3.8, 4) is 62.5 Å². The minimum Gasteiger partial charge on any atom is -0.452 e. The van der Waals surface area contributed by atoms with Gasteiger partial charge in [-0.3, -0.25) is 0 Å². The molecule has 7 heteroatoms. The molecule has 0 saturated heterocycles. The highest BCUT2D eigenvalue weighted by Crippen LogP contribution is 2.41. The van der Waals surface area contributed by atoms with E-state index < -0.39 is 0 Å². The van der Waals surface area contributed by atoms with Gasteiger partial charge in [-0.15, -0.1) is 0 Å². The zero-order chi connectivity index (χ0) is 37.0. The van der Waals surface area contributed by atoms with Crippen molar-refractivity contribution in [2.24, 2.45) is 0 Å². The molecule has 0 saturated carbocycles. The fourth-order valence-electron chi connectivity index (χ4n) is 7.61. The number of furan rings is 1. The molecule has 11 aromatic rings. The fraction of sp³-hybridized carbons (Fsp3) is 0. The fourth-order valence-corrected chi connectivity index (χ4v) is 7.61. The third kappa shape index (κ3) is 5.33. The van der Waals surface area contributed by atoms with Gasteiger partial charge in [-0.1, -0.05) is 152 Å². The van der Waals surface area contributed by atoms with Crippen molar-refractivity contribution in [2.45, 2.75) is 0 Å². The summed E-state index contributed by atoms with van der Waals surface area (Å²) >= 11 is 0. The van der Waals surface area contributed by atoms with Gasteiger partial charge in [0.1, 0.15) is 16.8 Å². The van der Waals surface area contributed by atoms with Gasteiger partial charge in [-0.25, -0.2) is 24.9 Å². The Morgan fingerprint density at radius 2 is 0.875 bits per heavy atom. The van der Waals surface area contributed by atoms with Gasteiger partial charge in [0.25, 0.3) is 0 Å². The molecule has 0 N–H and O–H groups in total. The predicted molar refractivity (Wildman–Crippen MR) is 224 cm³/mol. The molecule has 0 bridgehead atoms. The highest BCUT2D eigenvalue weighted by Gasteiger charge is 2.22. The monoisotopic (exact) mass is 718 g/mol. The van der Waals surface area contributed by atoms with Crippen LogP contribution in [-0.2, 0) is 0 Å². The number of para-hydroxylation sites is 1. The van der Waals surface area contributed by atoms with E-state index in [0.29, 0.717) is 28.9 Å². The van der Waals surface area contributed by atoms with Gasteiger partial charge in [0.2, 0.25) is 0 Å². The molecule has 7 nitrogen and oxygen atoms in total. The molecule has 0 amide bonds. The Balaban J connectivity index is 1.14. The SMILES string of the molecule is c1ccc(-c2nc(-c3ccccc3)nc(-c3cccc(-n4c5ccccc5c5cc6oc7c(-c8ccccc8)nc(-c8ccccc8)nc7c6cc54)c3)n2)cc1. The summed E-state index contributed by atoms with van der Waals surface area (Å²) in [4.78, 5) is 25.2. The molecular formula is C49H30N6O. The molecule has 0 atom stereocenters. The largest absolute Gasteiger partial charge is 0.452 e. The van der Waals surface area contributed by atoms with Gasteiger partial charge in [0.15, 0.2) is 28.9 Å². The number of aromatic nitrogens is 6. The summed E-state index contributed by atoms with van der Waals surface area (Å²) in [7, 11) is 0. The summed E-state index contributed by atoms with van der Waals surface area (Å²) < 4.78 is 9.02. The van der Waals surface area contributed by atoms with Crippen molar-refractivity contribution in [3.05, 3.63) is 182 Å². The first-order valence-electron chi connectivity index (χ1n) is 18.5. The first kappa shape index (κ1) is 31.7. The summed E-state index contributed by atoms with van der Waals surface area (Å²) in [6.45, 7) is 0. The topological polar surface area (TPSA) is 82.5 Å². The standard InChI is InChI=1S/C49H30N6O/c1-5-16-31(17-6-1)43-45-44(51-46(50-43)32-18-7-2-8-19-32)39-29-41-38(30-42(39)56-45)37-26-13-14-27-40(37)55(41)36-25-15-24-35(28-36)49-53-47(33-20-9-3-10-21-33)52-48(54-49)34-22-11-4-12-23-34/h1-30H. The van der Waals surface area contributed by atoms with E-state index in [0.717, 1.165) is 77.5 Å². The second-order valence-corrected chi connectivity index (χ2v) is 13.7. The summed E-state index contributed by atoms with van der Waals surface area (Å²) in [6, 6.07) is 61.7. The zero-order valence-electron chi connectivity index (χ0n) is 29.9. The molecule has 4 aromatic heterocycles. The van der Waals surface area contributed by atoms with Crippen LogP contribution < -0.4 is 0 Å². The van der Waals surface area contributed by atoms with Gasteiger partial charge in [-0.2, -0.15) is 0 Å². The van der Waals surface area contributed by atoms with Gasteiger partial charge >= 0.3 is 0 Å². The molecule has 0 aliphatic rings. The number of nitrogens with zero attached hydrogens (tertiary/aromatic N) is 6. The minimum atomic E-state index is 0.599. The Kier molecular flexibility index (Phi) is 7.35. The van der Waals surface area contributed by atoms with Crippen molar-refractivity contribution in [3.63, 3.8) is 0 Å². The van der Waals surface area contributed by atoms with Crippen LogP contribution in [0.25, 0.3) is 106 Å². The second kappa shape index (κ2) is 13.0. The van der Waals surface area contributed by atoms with Crippen LogP contribution in [0.5, 0.6) is 0 Å². The van der Waals surface area contributed by atoms with E-state index in [4.69, 9.17) is 29.3 Å². The number of benzene rings is 7. The summed E-state index contributed by atoms with van der Waals surface area (Å²) in [5.74, 6) is 2.49. The maximum atomic E-state index is 6.72. The molecule has 0 fully saturated rings. The number of hydrogen-bond donors (Lipinski definition) is 0. The van der Waals surface area contributed by atoms with E-state index >= 15 is 0 Å². The van der Waals surface area contributed by atoms with E-state index in [1.165, 1.54) is 0 Å². The summed E-state index contributed by atoms with van der Waals surface area (Å²) in [6.07, 6.45) is 0. The lowest BCUT2D eigenvalue weighted by Crippen LogP contribution is -2.01. The van der Waals surface area contributed by atoms with Crippen molar-refractivity contribution in [1.82, 2.24) is 29.5 Å². The Bertz CT molecular complexity index is 3170. The number of fused-ring (bicyclic) bond motifs is 6. The maximum Gasteiger partial charge on any atom is 0.180 e. The molecule has 56 heavy (non-hydrogen) atoms. The average molecular weight is 719 g/mol. The first-order chi connectivity index (χ1) is 27.7. The molecule has 262 valence electrons. The quantitative estimate of drug-likeness (QED) is 0.170. The minimum absolute atomic E-state index is 0.599. The Morgan fingerprint density at radius 3 is 1.50 bits per heavy atom. The third-order valence-corrected chi connectivity index (χ3v) is 10.2. The van der Waals surface area contributed by atoms with Crippen molar-refractivity contribution in [1.29, 1.82) is 0 Å². The molecule has 0 aliphatic heterocycles. The molecule has 0 aliphatic carbocycles. The normalized spacial score (nSPS) is 11.6. The molecule has 0 spiro atoms. The Labute approximate surface area is 321 Å². The van der Waals surface area contributed by atoms with Crippen molar-refractivity contribution in [2.75, 3.05) is 0 Å². The molecule has 0 unspecified atom stereocenters.